The quantitative estimate of drug-likeness (QED) is 0.628. The zero-order valence-corrected chi connectivity index (χ0v) is 12.5. The number of hydrogen-bond acceptors (Lipinski definition) is 0. The Morgan fingerprint density at radius 2 is 1.65 bits per heavy atom. The van der Waals surface area contributed by atoms with E-state index in [2.05, 4.69) is 74.0 Å². The van der Waals surface area contributed by atoms with Crippen molar-refractivity contribution in [1.82, 2.24) is 4.57 Å². The molecular formula is C19H21N. The summed E-state index contributed by atoms with van der Waals surface area (Å²) in [5.74, 6) is 0. The van der Waals surface area contributed by atoms with Crippen molar-refractivity contribution in [2.75, 3.05) is 0 Å². The molecule has 1 heterocycles. The Bertz CT molecular complexity index is 735. The molecule has 0 atom stereocenters. The lowest BCUT2D eigenvalue weighted by Crippen LogP contribution is -1.95. The van der Waals surface area contributed by atoms with Gasteiger partial charge in [-0.3, -0.25) is 0 Å². The van der Waals surface area contributed by atoms with E-state index in [1.807, 2.05) is 0 Å². The highest BCUT2D eigenvalue weighted by Gasteiger charge is 2.11. The van der Waals surface area contributed by atoms with E-state index >= 15 is 0 Å². The second-order valence-corrected chi connectivity index (χ2v) is 5.35. The second kappa shape index (κ2) is 5.16. The summed E-state index contributed by atoms with van der Waals surface area (Å²) < 4.78 is 2.34. The summed E-state index contributed by atoms with van der Waals surface area (Å²) in [4.78, 5) is 0. The molecule has 1 heteroatoms. The van der Waals surface area contributed by atoms with Crippen molar-refractivity contribution in [3.63, 3.8) is 0 Å². The first-order valence-electron chi connectivity index (χ1n) is 7.41. The monoisotopic (exact) mass is 263 g/mol. The van der Waals surface area contributed by atoms with Crippen LogP contribution in [0.3, 0.4) is 0 Å². The lowest BCUT2D eigenvalue weighted by molar-refractivity contribution is 0.961. The summed E-state index contributed by atoms with van der Waals surface area (Å²) in [6, 6.07) is 17.7. The Morgan fingerprint density at radius 1 is 0.900 bits per heavy atom. The number of hydrogen-bond donors (Lipinski definition) is 0. The Labute approximate surface area is 120 Å². The van der Waals surface area contributed by atoms with Gasteiger partial charge in [0.25, 0.3) is 0 Å². The number of nitrogens with zero attached hydrogens (tertiary/aromatic N) is 1. The summed E-state index contributed by atoms with van der Waals surface area (Å²) in [5.41, 5.74) is 6.84. The molecule has 0 bridgehead atoms. The molecule has 0 aliphatic heterocycles. The fourth-order valence-corrected chi connectivity index (χ4v) is 3.03. The molecule has 0 unspecified atom stereocenters. The lowest BCUT2D eigenvalue weighted by Gasteiger charge is -2.09. The van der Waals surface area contributed by atoms with E-state index in [-0.39, 0.29) is 0 Å². The number of aryl methyl sites for hydroxylation is 3. The maximum absolute atomic E-state index is 2.36. The molecule has 102 valence electrons. The topological polar surface area (TPSA) is 4.93 Å². The van der Waals surface area contributed by atoms with Crippen LogP contribution in [0.15, 0.2) is 48.5 Å². The molecule has 1 aromatic heterocycles. The molecule has 2 aromatic carbocycles. The molecule has 0 saturated heterocycles. The Balaban J connectivity index is 2.29. The molecule has 0 aliphatic carbocycles. The van der Waals surface area contributed by atoms with E-state index in [0.29, 0.717) is 0 Å². The largest absolute Gasteiger partial charge is 0.343 e. The van der Waals surface area contributed by atoms with Gasteiger partial charge in [-0.25, -0.2) is 0 Å². The fraction of sp³-hybridized carbons (Fsp3) is 0.263. The maximum Gasteiger partial charge on any atom is 0.0515 e. The second-order valence-electron chi connectivity index (χ2n) is 5.35. The molecule has 3 aromatic rings. The molecule has 0 N–H and O–H groups in total. The van der Waals surface area contributed by atoms with Crippen molar-refractivity contribution >= 4 is 10.9 Å². The first-order valence-corrected chi connectivity index (χ1v) is 7.41. The van der Waals surface area contributed by atoms with Crippen molar-refractivity contribution in [1.29, 1.82) is 0 Å². The van der Waals surface area contributed by atoms with Crippen LogP contribution in [-0.2, 0) is 19.9 Å². The van der Waals surface area contributed by atoms with E-state index in [1.54, 1.807) is 0 Å². The molecule has 3 rings (SSSR count). The summed E-state index contributed by atoms with van der Waals surface area (Å²) in [7, 11) is 2.18. The van der Waals surface area contributed by atoms with Gasteiger partial charge in [-0.15, -0.1) is 0 Å². The van der Waals surface area contributed by atoms with Crippen LogP contribution in [0.25, 0.3) is 22.2 Å². The molecule has 0 spiro atoms. The number of rotatable bonds is 3. The van der Waals surface area contributed by atoms with Crippen LogP contribution in [0.5, 0.6) is 0 Å². The lowest BCUT2D eigenvalue weighted by atomic mass is 10.0. The van der Waals surface area contributed by atoms with Crippen molar-refractivity contribution in [2.24, 2.45) is 7.05 Å². The summed E-state index contributed by atoms with van der Waals surface area (Å²) >= 11 is 0. The molecule has 0 amide bonds. The SMILES string of the molecule is CCc1cc(CC)c2c(c1)cc(-c1ccccc1)n2C. The highest BCUT2D eigenvalue weighted by Crippen LogP contribution is 2.30. The van der Waals surface area contributed by atoms with E-state index in [0.717, 1.165) is 12.8 Å². The molecule has 0 aliphatic rings. The smallest absolute Gasteiger partial charge is 0.0515 e. The maximum atomic E-state index is 2.36. The Morgan fingerprint density at radius 3 is 2.30 bits per heavy atom. The van der Waals surface area contributed by atoms with Crippen LogP contribution < -0.4 is 0 Å². The molecule has 0 radical (unpaired) electrons. The van der Waals surface area contributed by atoms with Gasteiger partial charge in [0, 0.05) is 18.1 Å². The van der Waals surface area contributed by atoms with E-state index in [4.69, 9.17) is 0 Å². The normalized spacial score (nSPS) is 11.2. The van der Waals surface area contributed by atoms with Gasteiger partial charge >= 0.3 is 0 Å². The predicted molar refractivity (Wildman–Crippen MR) is 87.1 cm³/mol. The minimum atomic E-state index is 1.08. The molecule has 0 fully saturated rings. The van der Waals surface area contributed by atoms with Gasteiger partial charge in [0.2, 0.25) is 0 Å². The molecule has 1 nitrogen and oxygen atoms in total. The highest BCUT2D eigenvalue weighted by atomic mass is 14.9. The van der Waals surface area contributed by atoms with Crippen molar-refractivity contribution in [2.45, 2.75) is 26.7 Å². The first-order chi connectivity index (χ1) is 9.74. The van der Waals surface area contributed by atoms with Gasteiger partial charge in [0.1, 0.15) is 0 Å². The van der Waals surface area contributed by atoms with Gasteiger partial charge in [-0.05, 0) is 41.7 Å². The van der Waals surface area contributed by atoms with Crippen LogP contribution in [0.1, 0.15) is 25.0 Å². The molecule has 0 saturated carbocycles. The fourth-order valence-electron chi connectivity index (χ4n) is 3.03. The van der Waals surface area contributed by atoms with E-state index < -0.39 is 0 Å². The van der Waals surface area contributed by atoms with E-state index in [9.17, 15) is 0 Å². The van der Waals surface area contributed by atoms with Crippen LogP contribution in [0.2, 0.25) is 0 Å². The Hall–Kier alpha value is -2.02. The average molecular weight is 263 g/mol. The van der Waals surface area contributed by atoms with Gasteiger partial charge in [-0.1, -0.05) is 50.2 Å². The number of fused-ring (bicyclic) bond motifs is 1. The standard InChI is InChI=1S/C19H21N/c1-4-14-11-15(5-2)19-17(12-14)13-18(20(19)3)16-9-7-6-8-10-16/h6-13H,4-5H2,1-3H3. The van der Waals surface area contributed by atoms with Crippen LogP contribution in [-0.4, -0.2) is 4.57 Å². The highest BCUT2D eigenvalue weighted by molar-refractivity contribution is 5.90. The van der Waals surface area contributed by atoms with Crippen molar-refractivity contribution in [3.8, 4) is 11.3 Å². The third kappa shape index (κ3) is 2.03. The van der Waals surface area contributed by atoms with Crippen LogP contribution in [0.4, 0.5) is 0 Å². The minimum Gasteiger partial charge on any atom is -0.343 e. The minimum absolute atomic E-state index is 1.08. The van der Waals surface area contributed by atoms with Gasteiger partial charge < -0.3 is 4.57 Å². The van der Waals surface area contributed by atoms with Gasteiger partial charge in [0.15, 0.2) is 0 Å². The summed E-state index contributed by atoms with van der Waals surface area (Å²) in [6.45, 7) is 4.46. The van der Waals surface area contributed by atoms with Crippen molar-refractivity contribution < 1.29 is 0 Å². The zero-order valence-electron chi connectivity index (χ0n) is 12.5. The third-order valence-corrected chi connectivity index (χ3v) is 4.13. The van der Waals surface area contributed by atoms with Crippen molar-refractivity contribution in [3.05, 3.63) is 59.7 Å². The summed E-state index contributed by atoms with van der Waals surface area (Å²) in [6.07, 6.45) is 2.18. The molecular weight excluding hydrogens is 242 g/mol. The van der Waals surface area contributed by atoms with Gasteiger partial charge in [0.05, 0.1) is 5.52 Å². The van der Waals surface area contributed by atoms with E-state index in [1.165, 1.54) is 33.3 Å². The predicted octanol–water partition coefficient (Wildman–Crippen LogP) is 4.97. The van der Waals surface area contributed by atoms with Crippen LogP contribution >= 0.6 is 0 Å². The van der Waals surface area contributed by atoms with Crippen LogP contribution in [0, 0.1) is 0 Å². The Kier molecular flexibility index (Phi) is 3.35. The molecule has 20 heavy (non-hydrogen) atoms. The number of aromatic nitrogens is 1. The average Bonchev–Trinajstić information content (AvgIpc) is 2.84. The zero-order chi connectivity index (χ0) is 14.1. The third-order valence-electron chi connectivity index (χ3n) is 4.13. The number of benzene rings is 2. The first kappa shape index (κ1) is 13.0. The summed E-state index contributed by atoms with van der Waals surface area (Å²) in [5, 5.41) is 1.36. The van der Waals surface area contributed by atoms with Gasteiger partial charge in [-0.2, -0.15) is 0 Å².